The number of rotatable bonds is 6. The maximum absolute atomic E-state index is 13.1. The van der Waals surface area contributed by atoms with Crippen molar-refractivity contribution in [3.05, 3.63) is 63.0 Å². The van der Waals surface area contributed by atoms with Gasteiger partial charge in [0.2, 0.25) is 0 Å². The van der Waals surface area contributed by atoms with Crippen molar-refractivity contribution in [2.75, 3.05) is 17.1 Å². The fourth-order valence-corrected chi connectivity index (χ4v) is 5.10. The summed E-state index contributed by atoms with van der Waals surface area (Å²) < 4.78 is 36.3. The monoisotopic (exact) mass is 540 g/mol. The highest BCUT2D eigenvalue weighted by Gasteiger charge is 2.23. The molecule has 0 aliphatic carbocycles. The second-order valence-corrected chi connectivity index (χ2v) is 9.47. The van der Waals surface area contributed by atoms with E-state index >= 15 is 0 Å². The number of hydrogen-bond acceptors (Lipinski definition) is 5. The molecule has 0 saturated carbocycles. The summed E-state index contributed by atoms with van der Waals surface area (Å²) >= 11 is 2.02. The zero-order chi connectivity index (χ0) is 22.1. The second kappa shape index (κ2) is 8.64. The molecule has 0 bridgehead atoms. The highest BCUT2D eigenvalue weighted by Crippen LogP contribution is 2.31. The molecular weight excluding hydrogens is 519 g/mol. The van der Waals surface area contributed by atoms with Gasteiger partial charge in [0.05, 0.1) is 22.6 Å². The van der Waals surface area contributed by atoms with E-state index in [2.05, 4.69) is 15.1 Å². The lowest BCUT2D eigenvalue weighted by Gasteiger charge is -2.16. The molecule has 1 amide bonds. The zero-order valence-electron chi connectivity index (χ0n) is 16.9. The van der Waals surface area contributed by atoms with Crippen LogP contribution in [0.2, 0.25) is 0 Å². The van der Waals surface area contributed by atoms with E-state index in [9.17, 15) is 13.2 Å². The molecule has 10 heteroatoms. The van der Waals surface area contributed by atoms with E-state index < -0.39 is 15.9 Å². The standard InChI is InChI=1S/C20H21IN4O4S/c1-12-6-5-7-13(2)18(12)24-30(27,28)17-10-14(8-9-16(17)29-4)23-20(26)19-15(21)11-22-25(19)3/h5-11,24H,1-4H3,(H,23,26). The van der Waals surface area contributed by atoms with Crippen LogP contribution in [-0.2, 0) is 17.1 Å². The zero-order valence-corrected chi connectivity index (χ0v) is 19.8. The predicted molar refractivity (Wildman–Crippen MR) is 124 cm³/mol. The van der Waals surface area contributed by atoms with Gasteiger partial charge in [0.25, 0.3) is 15.9 Å². The van der Waals surface area contributed by atoms with Crippen LogP contribution in [0, 0.1) is 17.4 Å². The Morgan fingerprint density at radius 2 is 1.83 bits per heavy atom. The summed E-state index contributed by atoms with van der Waals surface area (Å²) in [5.74, 6) is -0.225. The summed E-state index contributed by atoms with van der Waals surface area (Å²) in [7, 11) is -0.920. The molecule has 2 N–H and O–H groups in total. The van der Waals surface area contributed by atoms with Gasteiger partial charge in [-0.2, -0.15) is 5.10 Å². The number of aryl methyl sites for hydroxylation is 3. The van der Waals surface area contributed by atoms with Gasteiger partial charge in [-0.25, -0.2) is 8.42 Å². The first kappa shape index (κ1) is 22.1. The van der Waals surface area contributed by atoms with Crippen LogP contribution < -0.4 is 14.8 Å². The van der Waals surface area contributed by atoms with Crippen molar-refractivity contribution in [2.45, 2.75) is 18.7 Å². The van der Waals surface area contributed by atoms with Crippen molar-refractivity contribution in [1.82, 2.24) is 9.78 Å². The van der Waals surface area contributed by atoms with E-state index in [1.54, 1.807) is 19.3 Å². The Balaban J connectivity index is 1.97. The number of ether oxygens (including phenoxy) is 1. The lowest BCUT2D eigenvalue weighted by Crippen LogP contribution is -2.19. The fourth-order valence-electron chi connectivity index (χ4n) is 2.99. The number of hydrogen-bond donors (Lipinski definition) is 2. The Kier molecular flexibility index (Phi) is 6.36. The molecule has 3 aromatic rings. The Bertz CT molecular complexity index is 1180. The van der Waals surface area contributed by atoms with Crippen LogP contribution in [-0.4, -0.2) is 31.2 Å². The number of sulfonamides is 1. The predicted octanol–water partition coefficient (Wildman–Crippen LogP) is 3.70. The smallest absolute Gasteiger partial charge is 0.275 e. The number of nitrogens with zero attached hydrogens (tertiary/aromatic N) is 2. The lowest BCUT2D eigenvalue weighted by molar-refractivity contribution is 0.101. The molecule has 30 heavy (non-hydrogen) atoms. The van der Waals surface area contributed by atoms with E-state index in [1.165, 1.54) is 23.9 Å². The maximum Gasteiger partial charge on any atom is 0.275 e. The van der Waals surface area contributed by atoms with E-state index in [1.807, 2.05) is 54.6 Å². The molecule has 2 aromatic carbocycles. The first-order valence-electron chi connectivity index (χ1n) is 8.90. The van der Waals surface area contributed by atoms with Gasteiger partial charge in [0, 0.05) is 12.7 Å². The summed E-state index contributed by atoms with van der Waals surface area (Å²) in [6, 6.07) is 9.97. The topological polar surface area (TPSA) is 102 Å². The SMILES string of the molecule is COc1ccc(NC(=O)c2c(I)cnn2C)cc1S(=O)(=O)Nc1c(C)cccc1C. The van der Waals surface area contributed by atoms with Crippen LogP contribution in [0.15, 0.2) is 47.5 Å². The second-order valence-electron chi connectivity index (χ2n) is 6.66. The molecule has 0 atom stereocenters. The van der Waals surface area contributed by atoms with Crippen LogP contribution in [0.1, 0.15) is 21.6 Å². The molecule has 1 heterocycles. The molecule has 0 radical (unpaired) electrons. The summed E-state index contributed by atoms with van der Waals surface area (Å²) in [6.45, 7) is 3.66. The normalized spacial score (nSPS) is 11.2. The number of methoxy groups -OCH3 is 1. The molecule has 158 valence electrons. The number of carbonyl (C=O) groups is 1. The van der Waals surface area contributed by atoms with Gasteiger partial charge in [0.15, 0.2) is 0 Å². The van der Waals surface area contributed by atoms with Gasteiger partial charge in [-0.05, 0) is 65.8 Å². The number of amides is 1. The van der Waals surface area contributed by atoms with Gasteiger partial charge >= 0.3 is 0 Å². The Morgan fingerprint density at radius 1 is 1.17 bits per heavy atom. The minimum atomic E-state index is -3.97. The number of para-hydroxylation sites is 1. The van der Waals surface area contributed by atoms with E-state index in [0.29, 0.717) is 20.6 Å². The highest BCUT2D eigenvalue weighted by atomic mass is 127. The third-order valence-corrected chi connectivity index (χ3v) is 6.70. The minimum absolute atomic E-state index is 0.0786. The number of aromatic nitrogens is 2. The quantitative estimate of drug-likeness (QED) is 0.465. The number of anilines is 2. The summed E-state index contributed by atoms with van der Waals surface area (Å²) in [4.78, 5) is 12.6. The van der Waals surface area contributed by atoms with Gasteiger partial charge in [-0.3, -0.25) is 14.2 Å². The summed E-state index contributed by atoms with van der Waals surface area (Å²) in [6.07, 6.45) is 1.58. The molecule has 0 unspecified atom stereocenters. The average Bonchev–Trinajstić information content (AvgIpc) is 3.03. The average molecular weight is 540 g/mol. The molecule has 0 aliphatic heterocycles. The van der Waals surface area contributed by atoms with E-state index in [4.69, 9.17) is 4.74 Å². The van der Waals surface area contributed by atoms with Crippen LogP contribution in [0.4, 0.5) is 11.4 Å². The number of carbonyl (C=O) groups excluding carboxylic acids is 1. The highest BCUT2D eigenvalue weighted by molar-refractivity contribution is 14.1. The fraction of sp³-hybridized carbons (Fsp3) is 0.200. The van der Waals surface area contributed by atoms with E-state index in [-0.39, 0.29) is 10.6 Å². The van der Waals surface area contributed by atoms with Gasteiger partial charge in [-0.1, -0.05) is 18.2 Å². The van der Waals surface area contributed by atoms with Crippen molar-refractivity contribution in [3.8, 4) is 5.75 Å². The third kappa shape index (κ3) is 4.43. The van der Waals surface area contributed by atoms with Gasteiger partial charge < -0.3 is 10.1 Å². The Morgan fingerprint density at radius 3 is 2.40 bits per heavy atom. The van der Waals surface area contributed by atoms with Crippen LogP contribution in [0.3, 0.4) is 0 Å². The van der Waals surface area contributed by atoms with Crippen molar-refractivity contribution >= 4 is 49.9 Å². The van der Waals surface area contributed by atoms with Crippen molar-refractivity contribution < 1.29 is 17.9 Å². The molecule has 0 aliphatic rings. The number of halogens is 1. The largest absolute Gasteiger partial charge is 0.495 e. The summed E-state index contributed by atoms with van der Waals surface area (Å²) in [5, 5.41) is 6.77. The molecule has 8 nitrogen and oxygen atoms in total. The number of nitrogens with one attached hydrogen (secondary N) is 2. The Labute approximate surface area is 188 Å². The first-order valence-corrected chi connectivity index (χ1v) is 11.5. The molecule has 0 fully saturated rings. The van der Waals surface area contributed by atoms with Crippen LogP contribution >= 0.6 is 22.6 Å². The summed E-state index contributed by atoms with van der Waals surface area (Å²) in [5.41, 5.74) is 2.81. The minimum Gasteiger partial charge on any atom is -0.495 e. The molecule has 0 saturated heterocycles. The number of benzene rings is 2. The van der Waals surface area contributed by atoms with Crippen molar-refractivity contribution in [1.29, 1.82) is 0 Å². The van der Waals surface area contributed by atoms with Crippen LogP contribution in [0.5, 0.6) is 5.75 Å². The Hall–Kier alpha value is -2.60. The van der Waals surface area contributed by atoms with Crippen molar-refractivity contribution in [2.24, 2.45) is 7.05 Å². The van der Waals surface area contributed by atoms with Gasteiger partial charge in [-0.15, -0.1) is 0 Å². The third-order valence-electron chi connectivity index (χ3n) is 4.54. The molecule has 3 rings (SSSR count). The molecule has 0 spiro atoms. The molecular formula is C20H21IN4O4S. The first-order chi connectivity index (χ1) is 14.1. The van der Waals surface area contributed by atoms with Gasteiger partial charge in [0.1, 0.15) is 16.3 Å². The van der Waals surface area contributed by atoms with Crippen LogP contribution in [0.25, 0.3) is 0 Å². The molecule has 1 aromatic heterocycles. The van der Waals surface area contributed by atoms with E-state index in [0.717, 1.165) is 11.1 Å². The lowest BCUT2D eigenvalue weighted by atomic mass is 10.1. The maximum atomic E-state index is 13.1. The van der Waals surface area contributed by atoms with Crippen molar-refractivity contribution in [3.63, 3.8) is 0 Å².